The number of hydrogen-bond donors (Lipinski definition) is 1. The summed E-state index contributed by atoms with van der Waals surface area (Å²) in [6, 6.07) is 5.24. The van der Waals surface area contributed by atoms with Crippen molar-refractivity contribution in [3.05, 3.63) is 46.6 Å². The SMILES string of the molecule is CCOC(=O)c1cc2c(nc1C)-c1cc(C)ccc1OC2(O)C(F)(F)C(F)F. The second-order valence-corrected chi connectivity index (χ2v) is 6.41. The van der Waals surface area contributed by atoms with Crippen molar-refractivity contribution in [3.63, 3.8) is 0 Å². The Morgan fingerprint density at radius 3 is 2.61 bits per heavy atom. The number of aryl methyl sites for hydroxylation is 2. The number of carbonyl (C=O) groups is 1. The van der Waals surface area contributed by atoms with E-state index in [-0.39, 0.29) is 34.9 Å². The highest BCUT2D eigenvalue weighted by atomic mass is 19.3. The predicted octanol–water partition coefficient (Wildman–Crippen LogP) is 3.98. The van der Waals surface area contributed by atoms with Crippen LogP contribution in [0.2, 0.25) is 0 Å². The van der Waals surface area contributed by atoms with Gasteiger partial charge < -0.3 is 14.6 Å². The summed E-state index contributed by atoms with van der Waals surface area (Å²) in [6.07, 6.45) is -4.23. The first kappa shape index (κ1) is 20.1. The molecule has 1 aliphatic rings. The first-order chi connectivity index (χ1) is 13.0. The molecule has 2 aromatic rings. The molecule has 9 heteroatoms. The van der Waals surface area contributed by atoms with Gasteiger partial charge >= 0.3 is 24.1 Å². The van der Waals surface area contributed by atoms with Crippen LogP contribution in [0.4, 0.5) is 17.6 Å². The molecule has 0 spiro atoms. The maximum absolute atomic E-state index is 14.4. The quantitative estimate of drug-likeness (QED) is 0.622. The van der Waals surface area contributed by atoms with Crippen LogP contribution in [0.3, 0.4) is 0 Å². The molecular formula is C19H17F4NO4. The van der Waals surface area contributed by atoms with Gasteiger partial charge in [-0.1, -0.05) is 11.6 Å². The smallest absolute Gasteiger partial charge is 0.375 e. The summed E-state index contributed by atoms with van der Waals surface area (Å²) in [4.78, 5) is 16.3. The Hall–Kier alpha value is -2.68. The van der Waals surface area contributed by atoms with Crippen molar-refractivity contribution >= 4 is 5.97 Å². The number of fused-ring (bicyclic) bond motifs is 3. The van der Waals surface area contributed by atoms with Crippen LogP contribution in [-0.2, 0) is 10.5 Å². The van der Waals surface area contributed by atoms with Crippen LogP contribution in [0, 0.1) is 13.8 Å². The normalized spacial score (nSPS) is 18.3. The van der Waals surface area contributed by atoms with Crippen molar-refractivity contribution in [1.82, 2.24) is 4.98 Å². The fourth-order valence-electron chi connectivity index (χ4n) is 3.01. The number of nitrogens with zero attached hydrogens (tertiary/aromatic N) is 1. The number of alkyl halides is 4. The maximum atomic E-state index is 14.4. The molecule has 1 unspecified atom stereocenters. The predicted molar refractivity (Wildman–Crippen MR) is 90.6 cm³/mol. The summed E-state index contributed by atoms with van der Waals surface area (Å²) in [6.45, 7) is 4.73. The van der Waals surface area contributed by atoms with Crippen molar-refractivity contribution in [2.24, 2.45) is 0 Å². The number of halogens is 4. The van der Waals surface area contributed by atoms with E-state index in [4.69, 9.17) is 9.47 Å². The van der Waals surface area contributed by atoms with E-state index in [2.05, 4.69) is 4.98 Å². The highest BCUT2D eigenvalue weighted by Crippen LogP contribution is 2.51. The lowest BCUT2D eigenvalue weighted by Crippen LogP contribution is -2.55. The zero-order valence-electron chi connectivity index (χ0n) is 15.2. The van der Waals surface area contributed by atoms with Crippen molar-refractivity contribution in [1.29, 1.82) is 0 Å². The lowest BCUT2D eigenvalue weighted by atomic mass is 9.89. The van der Waals surface area contributed by atoms with Gasteiger partial charge in [-0.15, -0.1) is 0 Å². The number of ether oxygens (including phenoxy) is 2. The van der Waals surface area contributed by atoms with Crippen LogP contribution in [0.5, 0.6) is 5.75 Å². The average molecular weight is 399 g/mol. The minimum absolute atomic E-state index is 0.00531. The van der Waals surface area contributed by atoms with Crippen LogP contribution >= 0.6 is 0 Å². The molecule has 1 aromatic heterocycles. The Bertz CT molecular complexity index is 948. The molecule has 150 valence electrons. The van der Waals surface area contributed by atoms with E-state index in [1.54, 1.807) is 19.9 Å². The molecule has 0 aliphatic carbocycles. The van der Waals surface area contributed by atoms with E-state index in [0.717, 1.165) is 11.6 Å². The number of aromatic nitrogens is 1. The highest BCUT2D eigenvalue weighted by molar-refractivity contribution is 5.92. The van der Waals surface area contributed by atoms with Gasteiger partial charge in [0.15, 0.2) is 0 Å². The molecule has 0 bridgehead atoms. The minimum Gasteiger partial charge on any atom is -0.462 e. The fourth-order valence-corrected chi connectivity index (χ4v) is 3.01. The molecule has 5 nitrogen and oxygen atoms in total. The van der Waals surface area contributed by atoms with Gasteiger partial charge in [-0.3, -0.25) is 4.98 Å². The minimum atomic E-state index is -4.98. The van der Waals surface area contributed by atoms with Gasteiger partial charge in [0, 0.05) is 5.56 Å². The van der Waals surface area contributed by atoms with Crippen molar-refractivity contribution in [2.45, 2.75) is 38.9 Å². The third-order valence-corrected chi connectivity index (χ3v) is 4.45. The number of aliphatic hydroxyl groups is 1. The molecule has 1 aromatic carbocycles. The van der Waals surface area contributed by atoms with Gasteiger partial charge in [0.05, 0.1) is 29.1 Å². The zero-order chi connectivity index (χ0) is 20.9. The molecule has 0 fully saturated rings. The number of hydrogen-bond acceptors (Lipinski definition) is 5. The third kappa shape index (κ3) is 2.90. The van der Waals surface area contributed by atoms with E-state index in [0.29, 0.717) is 0 Å². The van der Waals surface area contributed by atoms with Gasteiger partial charge in [0.25, 0.3) is 0 Å². The molecule has 28 heavy (non-hydrogen) atoms. The summed E-state index contributed by atoms with van der Waals surface area (Å²) < 4.78 is 64.9. The molecule has 0 radical (unpaired) electrons. The van der Waals surface area contributed by atoms with E-state index in [1.165, 1.54) is 19.1 Å². The molecular weight excluding hydrogens is 382 g/mol. The van der Waals surface area contributed by atoms with Crippen molar-refractivity contribution < 1.29 is 36.9 Å². The van der Waals surface area contributed by atoms with Crippen LogP contribution in [0.1, 0.15) is 34.1 Å². The molecule has 2 heterocycles. The van der Waals surface area contributed by atoms with E-state index < -0.39 is 29.7 Å². The highest BCUT2D eigenvalue weighted by Gasteiger charge is 2.65. The lowest BCUT2D eigenvalue weighted by molar-refractivity contribution is -0.326. The Kier molecular flexibility index (Phi) is 4.82. The Balaban J connectivity index is 2.34. The van der Waals surface area contributed by atoms with Crippen LogP contribution in [0.25, 0.3) is 11.3 Å². The standard InChI is InChI=1S/C19H17F4NO4/c1-4-27-16(25)11-8-13-15(24-10(11)3)12-7-9(2)5-6-14(12)28-19(13,26)18(22,23)17(20)21/h5-8,17,26H,4H2,1-3H3. The average Bonchev–Trinajstić information content (AvgIpc) is 2.62. The second kappa shape index (κ2) is 6.73. The number of rotatable bonds is 4. The summed E-state index contributed by atoms with van der Waals surface area (Å²) >= 11 is 0. The maximum Gasteiger partial charge on any atom is 0.375 e. The van der Waals surface area contributed by atoms with Crippen molar-refractivity contribution in [2.75, 3.05) is 6.61 Å². The van der Waals surface area contributed by atoms with Crippen LogP contribution < -0.4 is 4.74 Å². The fraction of sp³-hybridized carbons (Fsp3) is 0.368. The van der Waals surface area contributed by atoms with Gasteiger partial charge in [-0.25, -0.2) is 13.6 Å². The molecule has 1 aliphatic heterocycles. The Labute approximate surface area is 157 Å². The van der Waals surface area contributed by atoms with E-state index in [1.807, 2.05) is 0 Å². The topological polar surface area (TPSA) is 68.7 Å². The summed E-state index contributed by atoms with van der Waals surface area (Å²) in [7, 11) is 0. The Morgan fingerprint density at radius 2 is 2.00 bits per heavy atom. The third-order valence-electron chi connectivity index (χ3n) is 4.45. The molecule has 1 atom stereocenters. The number of benzene rings is 1. The van der Waals surface area contributed by atoms with Gasteiger partial charge in [-0.2, -0.15) is 8.78 Å². The molecule has 0 amide bonds. The molecule has 0 saturated carbocycles. The van der Waals surface area contributed by atoms with Gasteiger partial charge in [0.1, 0.15) is 5.75 Å². The number of esters is 1. The first-order valence-corrected chi connectivity index (χ1v) is 8.40. The molecule has 1 N–H and O–H groups in total. The summed E-state index contributed by atoms with van der Waals surface area (Å²) in [5, 5.41) is 10.6. The van der Waals surface area contributed by atoms with Gasteiger partial charge in [0.2, 0.25) is 0 Å². The molecule has 0 saturated heterocycles. The largest absolute Gasteiger partial charge is 0.462 e. The number of pyridine rings is 1. The van der Waals surface area contributed by atoms with E-state index in [9.17, 15) is 27.5 Å². The van der Waals surface area contributed by atoms with E-state index >= 15 is 0 Å². The monoisotopic (exact) mass is 399 g/mol. The first-order valence-electron chi connectivity index (χ1n) is 8.40. The number of carbonyl (C=O) groups excluding carboxylic acids is 1. The van der Waals surface area contributed by atoms with Crippen LogP contribution in [0.15, 0.2) is 24.3 Å². The van der Waals surface area contributed by atoms with Gasteiger partial charge in [-0.05, 0) is 39.0 Å². The van der Waals surface area contributed by atoms with Crippen molar-refractivity contribution in [3.8, 4) is 17.0 Å². The summed E-state index contributed by atoms with van der Waals surface area (Å²) in [5.74, 6) is -9.81. The Morgan fingerprint density at radius 1 is 1.32 bits per heavy atom. The second-order valence-electron chi connectivity index (χ2n) is 6.41. The molecule has 3 rings (SSSR count). The van der Waals surface area contributed by atoms with Crippen LogP contribution in [-0.4, -0.2) is 35.0 Å². The lowest BCUT2D eigenvalue weighted by Gasteiger charge is -2.40. The summed E-state index contributed by atoms with van der Waals surface area (Å²) in [5.41, 5.74) is -0.0301. The zero-order valence-corrected chi connectivity index (χ0v) is 15.2.